The lowest BCUT2D eigenvalue weighted by atomic mass is 9.74. The molecule has 0 bridgehead atoms. The number of anilines is 3. The Morgan fingerprint density at radius 1 is 0.447 bits per heavy atom. The lowest BCUT2D eigenvalue weighted by Crippen LogP contribution is -2.22. The van der Waals surface area contributed by atoms with E-state index in [0.29, 0.717) is 0 Å². The average Bonchev–Trinajstić information content (AvgIpc) is 3.77. The Morgan fingerprint density at radius 2 is 1.09 bits per heavy atom. The molecule has 0 fully saturated rings. The topological polar surface area (TPSA) is 29.5 Å². The molecule has 0 saturated carbocycles. The van der Waals surface area contributed by atoms with Gasteiger partial charge in [0.05, 0.1) is 11.1 Å². The molecule has 0 unspecified atom stereocenters. The van der Waals surface area contributed by atoms with E-state index in [-0.39, 0.29) is 5.41 Å². The Morgan fingerprint density at radius 3 is 1.89 bits per heavy atom. The summed E-state index contributed by atoms with van der Waals surface area (Å²) in [6.45, 7) is 2.36. The molecule has 7 aromatic carbocycles. The van der Waals surface area contributed by atoms with Crippen molar-refractivity contribution in [2.75, 3.05) is 4.90 Å². The number of fused-ring (bicyclic) bond motifs is 9. The molecule has 1 aliphatic rings. The van der Waals surface area contributed by atoms with Crippen molar-refractivity contribution in [2.45, 2.75) is 12.3 Å². The fourth-order valence-corrected chi connectivity index (χ4v) is 7.93. The molecule has 47 heavy (non-hydrogen) atoms. The van der Waals surface area contributed by atoms with E-state index in [4.69, 9.17) is 8.83 Å². The Balaban J connectivity index is 1.22. The van der Waals surface area contributed by atoms with Crippen LogP contribution in [0.1, 0.15) is 23.6 Å². The van der Waals surface area contributed by atoms with Gasteiger partial charge in [-0.3, -0.25) is 0 Å². The summed E-state index contributed by atoms with van der Waals surface area (Å²) >= 11 is 0. The third-order valence-corrected chi connectivity index (χ3v) is 10.1. The number of nitrogens with zero attached hydrogens (tertiary/aromatic N) is 1. The minimum Gasteiger partial charge on any atom is -0.456 e. The zero-order valence-electron chi connectivity index (χ0n) is 25.8. The van der Waals surface area contributed by atoms with Crippen molar-refractivity contribution in [3.05, 3.63) is 174 Å². The molecule has 1 aliphatic carbocycles. The quantitative estimate of drug-likeness (QED) is 0.200. The van der Waals surface area contributed by atoms with Crippen LogP contribution in [0.25, 0.3) is 55.0 Å². The number of benzene rings is 7. The predicted octanol–water partition coefficient (Wildman–Crippen LogP) is 12.3. The van der Waals surface area contributed by atoms with E-state index in [0.717, 1.165) is 60.9 Å². The molecule has 0 saturated heterocycles. The molecule has 222 valence electrons. The van der Waals surface area contributed by atoms with Gasteiger partial charge in [0.1, 0.15) is 22.3 Å². The molecule has 9 aromatic rings. The van der Waals surface area contributed by atoms with Gasteiger partial charge in [0.25, 0.3) is 0 Å². The van der Waals surface area contributed by atoms with Gasteiger partial charge in [0, 0.05) is 39.0 Å². The highest BCUT2D eigenvalue weighted by Gasteiger charge is 2.40. The van der Waals surface area contributed by atoms with Gasteiger partial charge < -0.3 is 13.7 Å². The summed E-state index contributed by atoms with van der Waals surface area (Å²) in [7, 11) is 0. The summed E-state index contributed by atoms with van der Waals surface area (Å²) in [6.07, 6.45) is 0. The molecule has 0 radical (unpaired) electrons. The van der Waals surface area contributed by atoms with Gasteiger partial charge in [-0.1, -0.05) is 97.1 Å². The van der Waals surface area contributed by atoms with Crippen LogP contribution in [0, 0.1) is 0 Å². The molecule has 2 aromatic heterocycles. The first-order valence-electron chi connectivity index (χ1n) is 16.1. The highest BCUT2D eigenvalue weighted by atomic mass is 16.3. The van der Waals surface area contributed by atoms with Crippen molar-refractivity contribution in [3.8, 4) is 11.1 Å². The van der Waals surface area contributed by atoms with E-state index >= 15 is 0 Å². The van der Waals surface area contributed by atoms with Crippen LogP contribution in [0.3, 0.4) is 0 Å². The first kappa shape index (κ1) is 26.2. The van der Waals surface area contributed by atoms with Crippen LogP contribution in [0.5, 0.6) is 0 Å². The lowest BCUT2D eigenvalue weighted by Gasteiger charge is -2.28. The number of hydrogen-bond acceptors (Lipinski definition) is 3. The van der Waals surface area contributed by atoms with Gasteiger partial charge in [0.2, 0.25) is 0 Å². The third kappa shape index (κ3) is 3.68. The fraction of sp³-hybridized carbons (Fsp3) is 0.0455. The molecule has 3 heteroatoms. The normalized spacial score (nSPS) is 13.4. The summed E-state index contributed by atoms with van der Waals surface area (Å²) in [5, 5.41) is 4.42. The van der Waals surface area contributed by atoms with Crippen LogP contribution in [-0.2, 0) is 5.41 Å². The maximum Gasteiger partial charge on any atom is 0.137 e. The maximum atomic E-state index is 6.57. The molecule has 3 nitrogen and oxygen atoms in total. The molecule has 0 N–H and O–H groups in total. The Hall–Kier alpha value is -6.06. The summed E-state index contributed by atoms with van der Waals surface area (Å²) in [4.78, 5) is 2.32. The van der Waals surface area contributed by atoms with E-state index in [2.05, 4.69) is 157 Å². The van der Waals surface area contributed by atoms with Crippen molar-refractivity contribution in [1.82, 2.24) is 0 Å². The van der Waals surface area contributed by atoms with Gasteiger partial charge >= 0.3 is 0 Å². The van der Waals surface area contributed by atoms with Crippen LogP contribution in [-0.4, -0.2) is 0 Å². The third-order valence-electron chi connectivity index (χ3n) is 10.1. The molecular weight excluding hydrogens is 574 g/mol. The van der Waals surface area contributed by atoms with Crippen molar-refractivity contribution in [2.24, 2.45) is 0 Å². The molecule has 0 aliphatic heterocycles. The summed E-state index contributed by atoms with van der Waals surface area (Å²) in [5.41, 5.74) is 12.8. The minimum atomic E-state index is -0.300. The predicted molar refractivity (Wildman–Crippen MR) is 193 cm³/mol. The SMILES string of the molecule is CC1(c2ccc3oc4cccc(N(c5ccccc5)c5ccc6c(c5)oc5ccccc56)c4c3c2)c2ccccc2-c2ccccc21. The van der Waals surface area contributed by atoms with Crippen LogP contribution in [0.15, 0.2) is 167 Å². The van der Waals surface area contributed by atoms with Crippen LogP contribution >= 0.6 is 0 Å². The lowest BCUT2D eigenvalue weighted by molar-refractivity contribution is 0.667. The van der Waals surface area contributed by atoms with Gasteiger partial charge in [-0.25, -0.2) is 0 Å². The van der Waals surface area contributed by atoms with Crippen molar-refractivity contribution in [3.63, 3.8) is 0 Å². The van der Waals surface area contributed by atoms with Crippen LogP contribution in [0.4, 0.5) is 17.1 Å². The van der Waals surface area contributed by atoms with E-state index in [1.807, 2.05) is 12.1 Å². The zero-order valence-corrected chi connectivity index (χ0v) is 25.8. The largest absolute Gasteiger partial charge is 0.456 e. The highest BCUT2D eigenvalue weighted by molar-refractivity contribution is 6.14. The fourth-order valence-electron chi connectivity index (χ4n) is 7.93. The zero-order chi connectivity index (χ0) is 31.1. The van der Waals surface area contributed by atoms with Crippen molar-refractivity contribution >= 4 is 60.9 Å². The van der Waals surface area contributed by atoms with Crippen molar-refractivity contribution < 1.29 is 8.83 Å². The number of para-hydroxylation sites is 2. The second-order valence-electron chi connectivity index (χ2n) is 12.6. The number of rotatable bonds is 4. The highest BCUT2D eigenvalue weighted by Crippen LogP contribution is 2.53. The molecule has 0 amide bonds. The molecular formula is C44H29NO2. The van der Waals surface area contributed by atoms with Crippen LogP contribution < -0.4 is 4.90 Å². The maximum absolute atomic E-state index is 6.57. The van der Waals surface area contributed by atoms with Gasteiger partial charge in [-0.2, -0.15) is 0 Å². The van der Waals surface area contributed by atoms with E-state index in [9.17, 15) is 0 Å². The number of hydrogen-bond donors (Lipinski definition) is 0. The molecule has 0 spiro atoms. The monoisotopic (exact) mass is 603 g/mol. The Kier molecular flexibility index (Phi) is 5.41. The first-order chi connectivity index (χ1) is 23.2. The van der Waals surface area contributed by atoms with Crippen LogP contribution in [0.2, 0.25) is 0 Å². The van der Waals surface area contributed by atoms with E-state index < -0.39 is 0 Å². The molecule has 2 heterocycles. The minimum absolute atomic E-state index is 0.300. The number of furan rings is 2. The van der Waals surface area contributed by atoms with Crippen molar-refractivity contribution in [1.29, 1.82) is 0 Å². The Labute approximate surface area is 271 Å². The second kappa shape index (κ2) is 9.72. The smallest absolute Gasteiger partial charge is 0.137 e. The first-order valence-corrected chi connectivity index (χ1v) is 16.1. The standard InChI is InChI=1S/C44H29NO2/c1-44(36-17-8-5-14-31(36)32-15-6-9-18-37(32)44)28-22-25-40-35(26-28)43-38(19-11-21-41(43)46-40)45(29-12-3-2-4-13-29)30-23-24-34-33-16-7-10-20-39(33)47-42(34)27-30/h2-27H,1H3. The summed E-state index contributed by atoms with van der Waals surface area (Å²) in [6, 6.07) is 56.0. The van der Waals surface area contributed by atoms with Gasteiger partial charge in [-0.15, -0.1) is 0 Å². The second-order valence-corrected chi connectivity index (χ2v) is 12.6. The van der Waals surface area contributed by atoms with E-state index in [1.165, 1.54) is 27.8 Å². The van der Waals surface area contributed by atoms with E-state index in [1.54, 1.807) is 0 Å². The van der Waals surface area contributed by atoms with Gasteiger partial charge in [-0.05, 0) is 89.3 Å². The summed E-state index contributed by atoms with van der Waals surface area (Å²) < 4.78 is 12.9. The van der Waals surface area contributed by atoms with Gasteiger partial charge in [0.15, 0.2) is 0 Å². The molecule has 0 atom stereocenters. The molecule has 10 rings (SSSR count). The summed E-state index contributed by atoms with van der Waals surface area (Å²) in [5.74, 6) is 0. The Bertz CT molecular complexity index is 2620. The average molecular weight is 604 g/mol.